The van der Waals surface area contributed by atoms with E-state index in [2.05, 4.69) is 0 Å². The summed E-state index contributed by atoms with van der Waals surface area (Å²) in [6, 6.07) is 4.98. The first kappa shape index (κ1) is 18.7. The van der Waals surface area contributed by atoms with Gasteiger partial charge in [0, 0.05) is 19.0 Å². The van der Waals surface area contributed by atoms with Crippen LogP contribution >= 0.6 is 0 Å². The van der Waals surface area contributed by atoms with Gasteiger partial charge < -0.3 is 9.64 Å². The maximum absolute atomic E-state index is 12.0. The SMILES string of the molecule is CCOS(=O)(=O)c1ccc(C)c(C2CN(C(=O)OC(C)(C)C)C2)c1. The minimum Gasteiger partial charge on any atom is -0.444 e. The number of ether oxygens (including phenoxy) is 1. The summed E-state index contributed by atoms with van der Waals surface area (Å²) in [5.41, 5.74) is 1.40. The van der Waals surface area contributed by atoms with Gasteiger partial charge in [-0.1, -0.05) is 6.07 Å². The molecule has 0 aromatic heterocycles. The summed E-state index contributed by atoms with van der Waals surface area (Å²) < 4.78 is 34.3. The van der Waals surface area contributed by atoms with Gasteiger partial charge in [-0.05, 0) is 57.9 Å². The first-order valence-electron chi connectivity index (χ1n) is 8.01. The summed E-state index contributed by atoms with van der Waals surface area (Å²) in [5, 5.41) is 0. The molecule has 6 nitrogen and oxygen atoms in total. The molecule has 1 saturated heterocycles. The normalized spacial score (nSPS) is 16.0. The molecule has 0 bridgehead atoms. The second-order valence-electron chi connectivity index (χ2n) is 6.96. The van der Waals surface area contributed by atoms with E-state index in [0.717, 1.165) is 11.1 Å². The number of likely N-dealkylation sites (tertiary alicyclic amines) is 1. The molecule has 1 amide bonds. The maximum Gasteiger partial charge on any atom is 0.410 e. The topological polar surface area (TPSA) is 72.9 Å². The van der Waals surface area contributed by atoms with Crippen molar-refractivity contribution in [3.63, 3.8) is 0 Å². The first-order chi connectivity index (χ1) is 11.0. The van der Waals surface area contributed by atoms with Gasteiger partial charge in [0.1, 0.15) is 5.60 Å². The van der Waals surface area contributed by atoms with Gasteiger partial charge in [-0.2, -0.15) is 8.42 Å². The summed E-state index contributed by atoms with van der Waals surface area (Å²) in [4.78, 5) is 13.8. The third-order valence-electron chi connectivity index (χ3n) is 3.79. The van der Waals surface area contributed by atoms with E-state index in [4.69, 9.17) is 8.92 Å². The molecule has 134 valence electrons. The molecular formula is C17H25NO5S. The van der Waals surface area contributed by atoms with Crippen molar-refractivity contribution in [3.8, 4) is 0 Å². The Morgan fingerprint density at radius 1 is 1.29 bits per heavy atom. The molecule has 0 spiro atoms. The zero-order chi connectivity index (χ0) is 18.1. The lowest BCUT2D eigenvalue weighted by Gasteiger charge is -2.40. The molecule has 0 atom stereocenters. The standard InChI is InChI=1S/C17H25NO5S/c1-6-22-24(20,21)14-8-7-12(2)15(9-14)13-10-18(11-13)16(19)23-17(3,4)5/h7-9,13H,6,10-11H2,1-5H3. The summed E-state index contributed by atoms with van der Waals surface area (Å²) in [6.45, 7) is 10.2. The van der Waals surface area contributed by atoms with Crippen LogP contribution in [0.15, 0.2) is 23.1 Å². The highest BCUT2D eigenvalue weighted by Crippen LogP contribution is 2.32. The Hall–Kier alpha value is -1.60. The van der Waals surface area contributed by atoms with E-state index in [-0.39, 0.29) is 23.5 Å². The summed E-state index contributed by atoms with van der Waals surface area (Å²) in [5.74, 6) is 0.106. The number of nitrogens with zero attached hydrogens (tertiary/aromatic N) is 1. The molecule has 0 N–H and O–H groups in total. The molecule has 0 radical (unpaired) electrons. The van der Waals surface area contributed by atoms with Gasteiger partial charge in [0.2, 0.25) is 0 Å². The van der Waals surface area contributed by atoms with E-state index in [1.54, 1.807) is 30.0 Å². The Morgan fingerprint density at radius 2 is 1.92 bits per heavy atom. The fourth-order valence-electron chi connectivity index (χ4n) is 2.59. The van der Waals surface area contributed by atoms with Crippen molar-refractivity contribution in [1.29, 1.82) is 0 Å². The van der Waals surface area contributed by atoms with Gasteiger partial charge in [-0.25, -0.2) is 4.79 Å². The van der Waals surface area contributed by atoms with Gasteiger partial charge in [0.25, 0.3) is 10.1 Å². The highest BCUT2D eigenvalue weighted by Gasteiger charge is 2.35. The number of hydrogen-bond acceptors (Lipinski definition) is 5. The van der Waals surface area contributed by atoms with Gasteiger partial charge in [0.15, 0.2) is 0 Å². The molecule has 1 aliphatic rings. The molecule has 1 aliphatic heterocycles. The van der Waals surface area contributed by atoms with Crippen LogP contribution in [0.1, 0.15) is 44.7 Å². The fraction of sp³-hybridized carbons (Fsp3) is 0.588. The van der Waals surface area contributed by atoms with E-state index >= 15 is 0 Å². The Labute approximate surface area is 143 Å². The minimum atomic E-state index is -3.73. The molecule has 24 heavy (non-hydrogen) atoms. The van der Waals surface area contributed by atoms with Gasteiger partial charge >= 0.3 is 6.09 Å². The molecule has 0 saturated carbocycles. The van der Waals surface area contributed by atoms with Crippen LogP contribution in [0.25, 0.3) is 0 Å². The molecule has 1 fully saturated rings. The monoisotopic (exact) mass is 355 g/mol. The second-order valence-corrected chi connectivity index (χ2v) is 8.58. The number of rotatable bonds is 4. The lowest BCUT2D eigenvalue weighted by molar-refractivity contribution is 0.00811. The largest absolute Gasteiger partial charge is 0.444 e. The van der Waals surface area contributed by atoms with Crippen LogP contribution in [0.5, 0.6) is 0 Å². The van der Waals surface area contributed by atoms with Crippen molar-refractivity contribution in [2.24, 2.45) is 0 Å². The summed E-state index contributed by atoms with van der Waals surface area (Å²) in [6.07, 6.45) is -0.338. The second kappa shape index (κ2) is 6.72. The molecule has 2 rings (SSSR count). The molecule has 0 unspecified atom stereocenters. The van der Waals surface area contributed by atoms with Crippen molar-refractivity contribution < 1.29 is 22.1 Å². The average molecular weight is 355 g/mol. The van der Waals surface area contributed by atoms with Crippen molar-refractivity contribution in [1.82, 2.24) is 4.90 Å². The van der Waals surface area contributed by atoms with E-state index < -0.39 is 15.7 Å². The van der Waals surface area contributed by atoms with Crippen LogP contribution in [-0.4, -0.2) is 44.7 Å². The fourth-order valence-corrected chi connectivity index (χ4v) is 3.54. The number of hydrogen-bond donors (Lipinski definition) is 0. The highest BCUT2D eigenvalue weighted by atomic mass is 32.2. The number of amides is 1. The van der Waals surface area contributed by atoms with Gasteiger partial charge in [-0.3, -0.25) is 4.18 Å². The number of carbonyl (C=O) groups is 1. The van der Waals surface area contributed by atoms with E-state index in [1.165, 1.54) is 0 Å². The Bertz CT molecular complexity index is 715. The third kappa shape index (κ3) is 4.27. The lowest BCUT2D eigenvalue weighted by Crippen LogP contribution is -2.50. The number of benzene rings is 1. The van der Waals surface area contributed by atoms with E-state index in [1.807, 2.05) is 27.7 Å². The molecule has 1 heterocycles. The summed E-state index contributed by atoms with van der Waals surface area (Å²) >= 11 is 0. The van der Waals surface area contributed by atoms with Gasteiger partial charge in [0.05, 0.1) is 11.5 Å². The minimum absolute atomic E-state index is 0.0986. The van der Waals surface area contributed by atoms with Crippen molar-refractivity contribution in [3.05, 3.63) is 29.3 Å². The molecule has 0 aliphatic carbocycles. The van der Waals surface area contributed by atoms with Crippen molar-refractivity contribution in [2.45, 2.75) is 51.0 Å². The van der Waals surface area contributed by atoms with Crippen LogP contribution in [0, 0.1) is 6.92 Å². The Morgan fingerprint density at radius 3 is 2.46 bits per heavy atom. The first-order valence-corrected chi connectivity index (χ1v) is 9.42. The maximum atomic E-state index is 12.0. The smallest absolute Gasteiger partial charge is 0.410 e. The van der Waals surface area contributed by atoms with Crippen molar-refractivity contribution >= 4 is 16.2 Å². The van der Waals surface area contributed by atoms with Crippen LogP contribution < -0.4 is 0 Å². The summed E-state index contributed by atoms with van der Waals surface area (Å²) in [7, 11) is -3.73. The quantitative estimate of drug-likeness (QED) is 0.776. The zero-order valence-corrected chi connectivity index (χ0v) is 15.6. The number of carbonyl (C=O) groups excluding carboxylic acids is 1. The van der Waals surface area contributed by atoms with Crippen LogP contribution in [-0.2, 0) is 19.0 Å². The lowest BCUT2D eigenvalue weighted by atomic mass is 9.89. The molecule has 1 aromatic rings. The predicted octanol–water partition coefficient (Wildman–Crippen LogP) is 3.05. The average Bonchev–Trinajstić information content (AvgIpc) is 2.36. The molecule has 7 heteroatoms. The Kier molecular flexibility index (Phi) is 5.25. The third-order valence-corrected chi connectivity index (χ3v) is 5.16. The number of aryl methyl sites for hydroxylation is 1. The van der Waals surface area contributed by atoms with Crippen LogP contribution in [0.3, 0.4) is 0 Å². The zero-order valence-electron chi connectivity index (χ0n) is 14.8. The van der Waals surface area contributed by atoms with E-state index in [9.17, 15) is 13.2 Å². The predicted molar refractivity (Wildman–Crippen MR) is 90.5 cm³/mol. The Balaban J connectivity index is 2.11. The van der Waals surface area contributed by atoms with Crippen molar-refractivity contribution in [2.75, 3.05) is 19.7 Å². The molecule has 1 aromatic carbocycles. The van der Waals surface area contributed by atoms with Crippen LogP contribution in [0.2, 0.25) is 0 Å². The van der Waals surface area contributed by atoms with Gasteiger partial charge in [-0.15, -0.1) is 0 Å². The van der Waals surface area contributed by atoms with E-state index in [0.29, 0.717) is 13.1 Å². The molecular weight excluding hydrogens is 330 g/mol. The van der Waals surface area contributed by atoms with Crippen LogP contribution in [0.4, 0.5) is 4.79 Å². The highest BCUT2D eigenvalue weighted by molar-refractivity contribution is 7.86.